The molecule has 0 aliphatic carbocycles. The van der Waals surface area contributed by atoms with Crippen molar-refractivity contribution < 1.29 is 13.9 Å². The van der Waals surface area contributed by atoms with Crippen LogP contribution in [0.1, 0.15) is 34.6 Å². The maximum absolute atomic E-state index is 14.5. The van der Waals surface area contributed by atoms with E-state index < -0.39 is 18.1 Å². The largest absolute Gasteiger partial charge is 0.469 e. The Kier molecular flexibility index (Phi) is 6.99. The molecule has 2 heterocycles. The highest BCUT2D eigenvalue weighted by atomic mass is 35.5. The number of hydrogen-bond donors (Lipinski definition) is 0. The van der Waals surface area contributed by atoms with E-state index in [1.54, 1.807) is 0 Å². The summed E-state index contributed by atoms with van der Waals surface area (Å²) in [5, 5.41) is 1.36. The molecular formula is C25H29Cl2FN2O2. The molecule has 172 valence electrons. The summed E-state index contributed by atoms with van der Waals surface area (Å²) in [5.41, 5.74) is 5.91. The number of ether oxygens (including phenoxy) is 1. The van der Waals surface area contributed by atoms with Crippen LogP contribution in [0.3, 0.4) is 0 Å². The van der Waals surface area contributed by atoms with Gasteiger partial charge in [0.2, 0.25) is 0 Å². The number of carbonyl (C=O) groups is 1. The van der Waals surface area contributed by atoms with Crippen molar-refractivity contribution in [3.8, 4) is 0 Å². The first-order valence-corrected chi connectivity index (χ1v) is 11.8. The standard InChI is InChI=1S/C25H29Cl2FN2O2/c1-15-9-17(18-11-30(12-18)24-21(26)5-4-6-22(24)27)10-16(2)20(15)13-29-8-7-19(23(28)14-29)25(31)32-3/h4-6,9-10,18-19,23H,7-8,11-14H2,1-3H3. The topological polar surface area (TPSA) is 32.8 Å². The van der Waals surface area contributed by atoms with Crippen LogP contribution in [0.5, 0.6) is 0 Å². The highest BCUT2D eigenvalue weighted by Gasteiger charge is 2.35. The molecule has 0 aromatic heterocycles. The molecule has 0 spiro atoms. The van der Waals surface area contributed by atoms with E-state index in [9.17, 15) is 9.18 Å². The van der Waals surface area contributed by atoms with E-state index in [2.05, 4.69) is 35.8 Å². The summed E-state index contributed by atoms with van der Waals surface area (Å²) in [4.78, 5) is 16.1. The predicted molar refractivity (Wildman–Crippen MR) is 128 cm³/mol. The molecule has 2 aliphatic rings. The molecule has 0 amide bonds. The van der Waals surface area contributed by atoms with Gasteiger partial charge in [0.1, 0.15) is 6.17 Å². The van der Waals surface area contributed by atoms with Crippen LogP contribution in [-0.4, -0.2) is 50.3 Å². The first-order chi connectivity index (χ1) is 15.3. The number of alkyl halides is 1. The molecule has 2 saturated heterocycles. The Balaban J connectivity index is 1.41. The number of para-hydroxylation sites is 1. The Morgan fingerprint density at radius 1 is 1.12 bits per heavy atom. The van der Waals surface area contributed by atoms with Gasteiger partial charge in [-0.1, -0.05) is 41.4 Å². The van der Waals surface area contributed by atoms with Crippen LogP contribution in [0, 0.1) is 19.8 Å². The quantitative estimate of drug-likeness (QED) is 0.527. The molecule has 4 nitrogen and oxygen atoms in total. The van der Waals surface area contributed by atoms with Crippen molar-refractivity contribution in [2.24, 2.45) is 5.92 Å². The minimum atomic E-state index is -1.19. The monoisotopic (exact) mass is 478 g/mol. The van der Waals surface area contributed by atoms with Gasteiger partial charge >= 0.3 is 5.97 Å². The highest BCUT2D eigenvalue weighted by Crippen LogP contribution is 2.40. The van der Waals surface area contributed by atoms with Crippen molar-refractivity contribution in [1.82, 2.24) is 4.90 Å². The second-order valence-corrected chi connectivity index (χ2v) is 9.79. The lowest BCUT2D eigenvalue weighted by Crippen LogP contribution is -2.45. The lowest BCUT2D eigenvalue weighted by molar-refractivity contribution is -0.150. The second-order valence-electron chi connectivity index (χ2n) is 8.97. The minimum absolute atomic E-state index is 0.260. The maximum atomic E-state index is 14.5. The third kappa shape index (κ3) is 4.61. The number of hydrogen-bond acceptors (Lipinski definition) is 4. The molecule has 2 fully saturated rings. The first-order valence-electron chi connectivity index (χ1n) is 11.0. The number of anilines is 1. The summed E-state index contributed by atoms with van der Waals surface area (Å²) >= 11 is 12.7. The SMILES string of the molecule is COC(=O)C1CCN(Cc2c(C)cc(C3CN(c4c(Cl)cccc4Cl)C3)cc2C)CC1F. The van der Waals surface area contributed by atoms with Crippen LogP contribution >= 0.6 is 23.2 Å². The number of methoxy groups -OCH3 is 1. The van der Waals surface area contributed by atoms with Crippen LogP contribution in [-0.2, 0) is 16.1 Å². The van der Waals surface area contributed by atoms with Crippen molar-refractivity contribution in [2.45, 2.75) is 38.9 Å². The summed E-state index contributed by atoms with van der Waals surface area (Å²) in [6.45, 7) is 7.66. The normalized spacial score (nSPS) is 22.0. The molecule has 0 radical (unpaired) electrons. The first kappa shape index (κ1) is 23.3. The van der Waals surface area contributed by atoms with Crippen molar-refractivity contribution >= 4 is 34.9 Å². The zero-order valence-electron chi connectivity index (χ0n) is 18.7. The van der Waals surface area contributed by atoms with Crippen LogP contribution in [0.25, 0.3) is 0 Å². The van der Waals surface area contributed by atoms with E-state index in [0.29, 0.717) is 35.5 Å². The fraction of sp³-hybridized carbons (Fsp3) is 0.480. The van der Waals surface area contributed by atoms with Gasteiger partial charge < -0.3 is 9.64 Å². The van der Waals surface area contributed by atoms with Crippen LogP contribution < -0.4 is 4.90 Å². The summed E-state index contributed by atoms with van der Waals surface area (Å²) in [7, 11) is 1.32. The molecule has 2 aliphatic heterocycles. The van der Waals surface area contributed by atoms with Gasteiger partial charge in [-0.2, -0.15) is 0 Å². The second kappa shape index (κ2) is 9.58. The summed E-state index contributed by atoms with van der Waals surface area (Å²) in [6.07, 6.45) is -0.694. The number of nitrogens with zero attached hydrogens (tertiary/aromatic N) is 2. The van der Waals surface area contributed by atoms with E-state index >= 15 is 0 Å². The Labute approximate surface area is 199 Å². The van der Waals surface area contributed by atoms with Crippen molar-refractivity contribution in [2.75, 3.05) is 38.2 Å². The zero-order valence-corrected chi connectivity index (χ0v) is 20.2. The number of likely N-dealkylation sites (tertiary alicyclic amines) is 1. The number of halogens is 3. The summed E-state index contributed by atoms with van der Waals surface area (Å²) in [6, 6.07) is 10.1. The number of carbonyl (C=O) groups excluding carboxylic acids is 1. The summed E-state index contributed by atoms with van der Waals surface area (Å²) < 4.78 is 19.3. The average Bonchev–Trinajstić information content (AvgIpc) is 2.71. The van der Waals surface area contributed by atoms with Crippen molar-refractivity contribution in [3.63, 3.8) is 0 Å². The van der Waals surface area contributed by atoms with Gasteiger partial charge in [0.25, 0.3) is 0 Å². The van der Waals surface area contributed by atoms with E-state index in [1.165, 1.54) is 29.4 Å². The predicted octanol–water partition coefficient (Wildman–Crippen LogP) is 5.55. The Hall–Kier alpha value is -1.82. The van der Waals surface area contributed by atoms with Gasteiger partial charge in [-0.3, -0.25) is 9.69 Å². The minimum Gasteiger partial charge on any atom is -0.469 e. The third-order valence-corrected chi connectivity index (χ3v) is 7.45. The maximum Gasteiger partial charge on any atom is 0.311 e. The Morgan fingerprint density at radius 2 is 1.75 bits per heavy atom. The van der Waals surface area contributed by atoms with E-state index in [0.717, 1.165) is 18.8 Å². The lowest BCUT2D eigenvalue weighted by Gasteiger charge is -2.42. The highest BCUT2D eigenvalue weighted by molar-refractivity contribution is 6.39. The number of rotatable bonds is 5. The zero-order chi connectivity index (χ0) is 23.0. The van der Waals surface area contributed by atoms with E-state index in [-0.39, 0.29) is 6.54 Å². The van der Waals surface area contributed by atoms with Crippen molar-refractivity contribution in [1.29, 1.82) is 0 Å². The summed E-state index contributed by atoms with van der Waals surface area (Å²) in [5.74, 6) is -0.657. The number of benzene rings is 2. The fourth-order valence-corrected chi connectivity index (χ4v) is 5.56. The molecule has 0 N–H and O–H groups in total. The number of esters is 1. The van der Waals surface area contributed by atoms with Crippen molar-refractivity contribution in [3.05, 3.63) is 62.6 Å². The lowest BCUT2D eigenvalue weighted by atomic mass is 9.86. The molecule has 0 saturated carbocycles. The van der Waals surface area contributed by atoms with Gasteiger partial charge in [0, 0.05) is 32.1 Å². The van der Waals surface area contributed by atoms with Gasteiger partial charge in [0.05, 0.1) is 28.8 Å². The van der Waals surface area contributed by atoms with Crippen LogP contribution in [0.15, 0.2) is 30.3 Å². The van der Waals surface area contributed by atoms with Gasteiger partial charge in [0.15, 0.2) is 0 Å². The van der Waals surface area contributed by atoms with E-state index in [4.69, 9.17) is 27.9 Å². The third-order valence-electron chi connectivity index (χ3n) is 6.84. The van der Waals surface area contributed by atoms with Gasteiger partial charge in [-0.15, -0.1) is 0 Å². The average molecular weight is 479 g/mol. The molecule has 7 heteroatoms. The molecule has 2 aromatic carbocycles. The molecular weight excluding hydrogens is 450 g/mol. The Morgan fingerprint density at radius 3 is 2.31 bits per heavy atom. The van der Waals surface area contributed by atoms with Crippen LogP contribution in [0.2, 0.25) is 10.0 Å². The number of aryl methyl sites for hydroxylation is 2. The van der Waals surface area contributed by atoms with E-state index in [1.807, 2.05) is 18.2 Å². The Bertz CT molecular complexity index is 966. The number of piperidine rings is 1. The smallest absolute Gasteiger partial charge is 0.311 e. The molecule has 2 aromatic rings. The fourth-order valence-electron chi connectivity index (χ4n) is 4.93. The van der Waals surface area contributed by atoms with Gasteiger partial charge in [-0.05, 0) is 61.2 Å². The molecule has 2 unspecified atom stereocenters. The van der Waals surface area contributed by atoms with Crippen LogP contribution in [0.4, 0.5) is 10.1 Å². The molecule has 0 bridgehead atoms. The molecule has 2 atom stereocenters. The molecule has 4 rings (SSSR count). The van der Waals surface area contributed by atoms with Gasteiger partial charge in [-0.25, -0.2) is 4.39 Å². The molecule has 32 heavy (non-hydrogen) atoms.